The van der Waals surface area contributed by atoms with Gasteiger partial charge in [-0.2, -0.15) is 0 Å². The standard InChI is InChI=1S/C20H14O6/c21-9-13-12-3-1-2-4-17(12)26-18-8-11(5-14(22)19(13)18)10-6-15(23)20(25)16(24)7-10/h1-9,13,22-25H. The average Bonchev–Trinajstić information content (AvgIpc) is 2.63. The first-order valence-corrected chi connectivity index (χ1v) is 7.84. The second-order valence-electron chi connectivity index (χ2n) is 6.02. The normalized spacial score (nSPS) is 14.8. The number of hydrogen-bond acceptors (Lipinski definition) is 6. The van der Waals surface area contributed by atoms with E-state index in [9.17, 15) is 25.2 Å². The lowest BCUT2D eigenvalue weighted by Crippen LogP contribution is -2.11. The predicted octanol–water partition coefficient (Wildman–Crippen LogP) is 3.61. The molecule has 3 aromatic carbocycles. The quantitative estimate of drug-likeness (QED) is 0.415. The molecule has 1 atom stereocenters. The van der Waals surface area contributed by atoms with Crippen molar-refractivity contribution in [3.05, 3.63) is 59.7 Å². The van der Waals surface area contributed by atoms with Crippen molar-refractivity contribution in [2.24, 2.45) is 0 Å². The summed E-state index contributed by atoms with van der Waals surface area (Å²) in [6.07, 6.45) is 0.748. The first kappa shape index (κ1) is 15.8. The molecule has 0 aliphatic carbocycles. The maximum atomic E-state index is 11.7. The minimum Gasteiger partial charge on any atom is -0.507 e. The number of aldehydes is 1. The van der Waals surface area contributed by atoms with E-state index < -0.39 is 23.2 Å². The third-order valence-corrected chi connectivity index (χ3v) is 4.44. The lowest BCUT2D eigenvalue weighted by Gasteiger charge is -2.26. The van der Waals surface area contributed by atoms with Crippen LogP contribution in [-0.2, 0) is 4.79 Å². The number of phenols is 4. The predicted molar refractivity (Wildman–Crippen MR) is 93.0 cm³/mol. The molecule has 1 aliphatic heterocycles. The molecule has 6 heteroatoms. The van der Waals surface area contributed by atoms with Crippen molar-refractivity contribution in [1.29, 1.82) is 0 Å². The van der Waals surface area contributed by atoms with Gasteiger partial charge >= 0.3 is 0 Å². The first-order chi connectivity index (χ1) is 12.5. The van der Waals surface area contributed by atoms with Gasteiger partial charge in [0.1, 0.15) is 23.5 Å². The molecule has 0 bridgehead atoms. The SMILES string of the molecule is O=CC1c2ccccc2Oc2cc(-c3cc(O)c(O)c(O)c3)cc(O)c21. The van der Waals surface area contributed by atoms with Crippen molar-refractivity contribution in [2.75, 3.05) is 0 Å². The van der Waals surface area contributed by atoms with Crippen LogP contribution in [0.2, 0.25) is 0 Å². The van der Waals surface area contributed by atoms with Crippen molar-refractivity contribution in [1.82, 2.24) is 0 Å². The van der Waals surface area contributed by atoms with Gasteiger partial charge in [-0.25, -0.2) is 0 Å². The Balaban J connectivity index is 1.89. The van der Waals surface area contributed by atoms with Crippen LogP contribution in [0.3, 0.4) is 0 Å². The molecule has 26 heavy (non-hydrogen) atoms. The van der Waals surface area contributed by atoms with Crippen LogP contribution in [0.25, 0.3) is 11.1 Å². The fraction of sp³-hybridized carbons (Fsp3) is 0.0500. The molecule has 0 fully saturated rings. The molecule has 0 saturated carbocycles. The van der Waals surface area contributed by atoms with E-state index >= 15 is 0 Å². The molecule has 4 N–H and O–H groups in total. The number of fused-ring (bicyclic) bond motifs is 2. The van der Waals surface area contributed by atoms with Gasteiger partial charge in [-0.1, -0.05) is 18.2 Å². The van der Waals surface area contributed by atoms with Crippen LogP contribution in [0.15, 0.2) is 48.5 Å². The fourth-order valence-electron chi connectivity index (χ4n) is 3.19. The molecule has 0 amide bonds. The molecule has 1 unspecified atom stereocenters. The van der Waals surface area contributed by atoms with Gasteiger partial charge in [-0.05, 0) is 41.5 Å². The van der Waals surface area contributed by atoms with Gasteiger partial charge in [0.05, 0.1) is 11.5 Å². The fourth-order valence-corrected chi connectivity index (χ4v) is 3.19. The Hall–Kier alpha value is -3.67. The lowest BCUT2D eigenvalue weighted by molar-refractivity contribution is -0.108. The molecular weight excluding hydrogens is 336 g/mol. The summed E-state index contributed by atoms with van der Waals surface area (Å²) in [4.78, 5) is 11.7. The Morgan fingerprint density at radius 1 is 0.808 bits per heavy atom. The topological polar surface area (TPSA) is 107 Å². The Morgan fingerprint density at radius 2 is 1.42 bits per heavy atom. The molecule has 3 aromatic rings. The summed E-state index contributed by atoms with van der Waals surface area (Å²) in [5, 5.41) is 39.4. The number of rotatable bonds is 2. The Bertz CT molecular complexity index is 1020. The summed E-state index contributed by atoms with van der Waals surface area (Å²) < 4.78 is 5.84. The first-order valence-electron chi connectivity index (χ1n) is 7.84. The van der Waals surface area contributed by atoms with Crippen LogP contribution in [-0.4, -0.2) is 26.7 Å². The van der Waals surface area contributed by atoms with Gasteiger partial charge in [0.2, 0.25) is 0 Å². The summed E-state index contributed by atoms with van der Waals surface area (Å²) in [6.45, 7) is 0. The zero-order valence-corrected chi connectivity index (χ0v) is 13.4. The Morgan fingerprint density at radius 3 is 2.12 bits per heavy atom. The number of ether oxygens (including phenoxy) is 1. The number of hydrogen-bond donors (Lipinski definition) is 4. The molecule has 0 radical (unpaired) electrons. The van der Waals surface area contributed by atoms with Crippen LogP contribution in [0.5, 0.6) is 34.5 Å². The van der Waals surface area contributed by atoms with Crippen molar-refractivity contribution in [3.63, 3.8) is 0 Å². The smallest absolute Gasteiger partial charge is 0.200 e. The third kappa shape index (κ3) is 2.31. The highest BCUT2D eigenvalue weighted by Crippen LogP contribution is 2.49. The molecular formula is C20H14O6. The highest BCUT2D eigenvalue weighted by atomic mass is 16.5. The van der Waals surface area contributed by atoms with Crippen molar-refractivity contribution < 1.29 is 30.0 Å². The number of para-hydroxylation sites is 1. The summed E-state index contributed by atoms with van der Waals surface area (Å²) in [7, 11) is 0. The van der Waals surface area contributed by atoms with Gasteiger partial charge in [-0.3, -0.25) is 0 Å². The molecule has 1 heterocycles. The summed E-state index contributed by atoms with van der Waals surface area (Å²) in [5.41, 5.74) is 1.82. The highest BCUT2D eigenvalue weighted by Gasteiger charge is 2.30. The lowest BCUT2D eigenvalue weighted by atomic mass is 9.87. The van der Waals surface area contributed by atoms with Gasteiger partial charge < -0.3 is 30.0 Å². The van der Waals surface area contributed by atoms with E-state index in [-0.39, 0.29) is 5.75 Å². The van der Waals surface area contributed by atoms with E-state index in [0.717, 1.165) is 6.29 Å². The summed E-state index contributed by atoms with van der Waals surface area (Å²) in [5.74, 6) is -1.58. The van der Waals surface area contributed by atoms with Gasteiger partial charge in [0.25, 0.3) is 0 Å². The summed E-state index contributed by atoms with van der Waals surface area (Å²) >= 11 is 0. The molecule has 0 aromatic heterocycles. The largest absolute Gasteiger partial charge is 0.507 e. The third-order valence-electron chi connectivity index (χ3n) is 4.44. The van der Waals surface area contributed by atoms with Crippen LogP contribution >= 0.6 is 0 Å². The monoisotopic (exact) mass is 350 g/mol. The summed E-state index contributed by atoms with van der Waals surface area (Å²) in [6, 6.07) is 12.6. The van der Waals surface area contributed by atoms with Gasteiger partial charge in [0, 0.05) is 5.56 Å². The molecule has 6 nitrogen and oxygen atoms in total. The number of aromatic hydroxyl groups is 4. The van der Waals surface area contributed by atoms with Crippen molar-refractivity contribution in [3.8, 4) is 45.6 Å². The van der Waals surface area contributed by atoms with E-state index in [1.807, 2.05) is 0 Å². The maximum Gasteiger partial charge on any atom is 0.200 e. The van der Waals surface area contributed by atoms with E-state index in [1.54, 1.807) is 30.3 Å². The van der Waals surface area contributed by atoms with Crippen molar-refractivity contribution in [2.45, 2.75) is 5.92 Å². The number of benzene rings is 3. The van der Waals surface area contributed by atoms with E-state index in [0.29, 0.717) is 33.8 Å². The molecule has 130 valence electrons. The van der Waals surface area contributed by atoms with E-state index in [1.165, 1.54) is 18.2 Å². The van der Waals surface area contributed by atoms with Crippen LogP contribution in [0, 0.1) is 0 Å². The Labute approximate surface area is 148 Å². The second kappa shape index (κ2) is 5.70. The zero-order valence-electron chi connectivity index (χ0n) is 13.4. The van der Waals surface area contributed by atoms with Crippen molar-refractivity contribution >= 4 is 6.29 Å². The minimum absolute atomic E-state index is 0.142. The molecule has 0 spiro atoms. The zero-order chi connectivity index (χ0) is 18.4. The molecule has 0 saturated heterocycles. The van der Waals surface area contributed by atoms with E-state index in [2.05, 4.69) is 0 Å². The number of carbonyl (C=O) groups excluding carboxylic acids is 1. The minimum atomic E-state index is -0.661. The number of phenolic OH excluding ortho intramolecular Hbond substituents is 4. The van der Waals surface area contributed by atoms with Gasteiger partial charge in [0.15, 0.2) is 17.2 Å². The van der Waals surface area contributed by atoms with Crippen LogP contribution in [0.1, 0.15) is 17.0 Å². The molecule has 1 aliphatic rings. The Kier molecular flexibility index (Phi) is 3.47. The van der Waals surface area contributed by atoms with Crippen LogP contribution in [0.4, 0.5) is 0 Å². The molecule has 4 rings (SSSR count). The van der Waals surface area contributed by atoms with E-state index in [4.69, 9.17) is 4.74 Å². The second-order valence-corrected chi connectivity index (χ2v) is 6.02. The van der Waals surface area contributed by atoms with Gasteiger partial charge in [-0.15, -0.1) is 0 Å². The average molecular weight is 350 g/mol. The van der Waals surface area contributed by atoms with Crippen LogP contribution < -0.4 is 4.74 Å². The maximum absolute atomic E-state index is 11.7. The number of carbonyl (C=O) groups is 1. The highest BCUT2D eigenvalue weighted by molar-refractivity contribution is 5.80.